The molecule has 12 heteroatoms. The maximum absolute atomic E-state index is 13.7. The van der Waals surface area contributed by atoms with Crippen molar-refractivity contribution in [3.8, 4) is 22.9 Å². The van der Waals surface area contributed by atoms with Crippen molar-refractivity contribution in [3.05, 3.63) is 125 Å². The number of fused-ring (bicyclic) bond motifs is 1. The average molecular weight is 703 g/mol. The van der Waals surface area contributed by atoms with Crippen molar-refractivity contribution >= 4 is 47.0 Å². The van der Waals surface area contributed by atoms with E-state index in [2.05, 4.69) is 50.0 Å². The number of thiophene rings is 1. The van der Waals surface area contributed by atoms with Crippen LogP contribution in [-0.4, -0.2) is 36.1 Å². The number of rotatable bonds is 10. The molecular weight excluding hydrogens is 670 g/mol. The number of methoxy groups -OCH3 is 1. The molecule has 2 aromatic heterocycles. The standard InChI is InChI=1S/C37H33F3N2O5SSi/c1-36(2,3)49(25-14-7-5-8-15-25,26-16-9-6-10-17-26)47-32-20-29-28(19-31(32)45-4)41-23-42(29)30-22-48-34(35(43)44)33(30)46-21-24-13-11-12-18-27(24)37(38,39)40/h5-20,22-23H,21H2,1-4H3,(H,43,44). The summed E-state index contributed by atoms with van der Waals surface area (Å²) in [7, 11) is -1.54. The van der Waals surface area contributed by atoms with Crippen LogP contribution >= 0.6 is 11.3 Å². The van der Waals surface area contributed by atoms with Crippen LogP contribution in [-0.2, 0) is 12.8 Å². The summed E-state index contributed by atoms with van der Waals surface area (Å²) in [5.74, 6) is -0.417. The molecule has 6 rings (SSSR count). The van der Waals surface area contributed by atoms with Gasteiger partial charge in [0, 0.05) is 23.1 Å². The molecule has 0 aliphatic heterocycles. The van der Waals surface area contributed by atoms with Gasteiger partial charge >= 0.3 is 20.5 Å². The molecule has 0 bridgehead atoms. The monoisotopic (exact) mass is 702 g/mol. The molecule has 1 N–H and O–H groups in total. The highest BCUT2D eigenvalue weighted by Crippen LogP contribution is 2.43. The second-order valence-corrected chi connectivity index (χ2v) is 17.5. The zero-order valence-corrected chi connectivity index (χ0v) is 28.9. The topological polar surface area (TPSA) is 82.8 Å². The van der Waals surface area contributed by atoms with Crippen molar-refractivity contribution in [2.24, 2.45) is 0 Å². The molecule has 49 heavy (non-hydrogen) atoms. The van der Waals surface area contributed by atoms with Crippen molar-refractivity contribution in [3.63, 3.8) is 0 Å². The Hall–Kier alpha value is -5.07. The number of halogens is 3. The molecule has 0 fully saturated rings. The number of nitrogens with zero attached hydrogens (tertiary/aromatic N) is 2. The third-order valence-electron chi connectivity index (χ3n) is 8.39. The van der Waals surface area contributed by atoms with E-state index in [1.54, 1.807) is 29.2 Å². The maximum atomic E-state index is 13.7. The first kappa shape index (κ1) is 33.8. The molecule has 4 aromatic carbocycles. The Kier molecular flexibility index (Phi) is 9.03. The molecule has 0 saturated heterocycles. The van der Waals surface area contributed by atoms with E-state index < -0.39 is 32.6 Å². The number of aromatic carboxylic acids is 1. The molecule has 0 atom stereocenters. The number of imidazole rings is 1. The molecule has 0 amide bonds. The zero-order chi connectivity index (χ0) is 35.0. The summed E-state index contributed by atoms with van der Waals surface area (Å²) in [5, 5.41) is 13.3. The van der Waals surface area contributed by atoms with Gasteiger partial charge in [0.1, 0.15) is 24.4 Å². The Morgan fingerprint density at radius 2 is 1.51 bits per heavy atom. The van der Waals surface area contributed by atoms with Gasteiger partial charge < -0.3 is 19.0 Å². The normalized spacial score (nSPS) is 12.2. The molecule has 0 spiro atoms. The first-order valence-electron chi connectivity index (χ1n) is 15.3. The summed E-state index contributed by atoms with van der Waals surface area (Å²) < 4.78 is 61.9. The van der Waals surface area contributed by atoms with E-state index in [9.17, 15) is 23.1 Å². The van der Waals surface area contributed by atoms with Crippen LogP contribution in [0.4, 0.5) is 13.2 Å². The molecular formula is C37H33F3N2O5SSi. The molecule has 0 aliphatic rings. The smallest absolute Gasteiger partial charge is 0.416 e. The van der Waals surface area contributed by atoms with Crippen molar-refractivity contribution in [2.75, 3.05) is 7.11 Å². The van der Waals surface area contributed by atoms with Crippen molar-refractivity contribution in [1.29, 1.82) is 0 Å². The Balaban J connectivity index is 1.49. The SMILES string of the molecule is COc1cc2ncn(-c3csc(C(=O)O)c3OCc3ccccc3C(F)(F)F)c2cc1O[Si](c1ccccc1)(c1ccccc1)C(C)(C)C. The van der Waals surface area contributed by atoms with E-state index in [1.807, 2.05) is 36.4 Å². The van der Waals surface area contributed by atoms with Crippen molar-refractivity contribution < 1.29 is 37.0 Å². The van der Waals surface area contributed by atoms with Crippen LogP contribution in [0.2, 0.25) is 5.04 Å². The molecule has 0 saturated carbocycles. The largest absolute Gasteiger partial charge is 0.531 e. The van der Waals surface area contributed by atoms with Crippen LogP contribution in [0.1, 0.15) is 41.6 Å². The van der Waals surface area contributed by atoms with Gasteiger partial charge in [0.15, 0.2) is 16.4 Å². The van der Waals surface area contributed by atoms with Crippen LogP contribution in [0.15, 0.2) is 109 Å². The summed E-state index contributed by atoms with van der Waals surface area (Å²) in [5.41, 5.74) is 0.432. The molecule has 0 unspecified atom stereocenters. The lowest BCUT2D eigenvalue weighted by Gasteiger charge is -2.43. The average Bonchev–Trinajstić information content (AvgIpc) is 3.69. The summed E-state index contributed by atoms with van der Waals surface area (Å²) in [6.45, 7) is 5.98. The van der Waals surface area contributed by atoms with Gasteiger partial charge in [0.25, 0.3) is 0 Å². The fourth-order valence-electron chi connectivity index (χ4n) is 6.13. The van der Waals surface area contributed by atoms with E-state index in [1.165, 1.54) is 24.5 Å². The quantitative estimate of drug-likeness (QED) is 0.145. The minimum absolute atomic E-state index is 0.0703. The van der Waals surface area contributed by atoms with Gasteiger partial charge in [-0.25, -0.2) is 9.78 Å². The number of carbonyl (C=O) groups is 1. The summed E-state index contributed by atoms with van der Waals surface area (Å²) >= 11 is 0.911. The first-order valence-corrected chi connectivity index (χ1v) is 18.1. The lowest BCUT2D eigenvalue weighted by atomic mass is 10.1. The fraction of sp³-hybridized carbons (Fsp3) is 0.189. The Morgan fingerprint density at radius 1 is 0.898 bits per heavy atom. The Labute approximate surface area is 286 Å². The number of aromatic nitrogens is 2. The Bertz CT molecular complexity index is 2070. The molecule has 7 nitrogen and oxygen atoms in total. The van der Waals surface area contributed by atoms with E-state index in [0.29, 0.717) is 28.2 Å². The van der Waals surface area contributed by atoms with Gasteiger partial charge in [0.05, 0.1) is 23.7 Å². The summed E-state index contributed by atoms with van der Waals surface area (Å²) in [6.07, 6.45) is -3.09. The number of hydrogen-bond donors (Lipinski definition) is 1. The maximum Gasteiger partial charge on any atom is 0.416 e. The highest BCUT2D eigenvalue weighted by molar-refractivity contribution is 7.12. The van der Waals surface area contributed by atoms with Gasteiger partial charge in [-0.1, -0.05) is 99.6 Å². The lowest BCUT2D eigenvalue weighted by Crippen LogP contribution is -2.68. The number of alkyl halides is 3. The molecule has 2 heterocycles. The number of hydrogen-bond acceptors (Lipinski definition) is 6. The predicted molar refractivity (Wildman–Crippen MR) is 186 cm³/mol. The molecule has 6 aromatic rings. The summed E-state index contributed by atoms with van der Waals surface area (Å²) in [6, 6.07) is 28.9. The number of benzene rings is 4. The van der Waals surface area contributed by atoms with E-state index in [0.717, 1.165) is 27.8 Å². The van der Waals surface area contributed by atoms with Gasteiger partial charge in [-0.2, -0.15) is 13.2 Å². The van der Waals surface area contributed by atoms with Gasteiger partial charge in [-0.05, 0) is 21.5 Å². The third kappa shape index (κ3) is 6.29. The minimum Gasteiger partial charge on any atom is -0.531 e. The predicted octanol–water partition coefficient (Wildman–Crippen LogP) is 8.33. The van der Waals surface area contributed by atoms with Crippen LogP contribution in [0.3, 0.4) is 0 Å². The van der Waals surface area contributed by atoms with Crippen molar-refractivity contribution in [1.82, 2.24) is 9.55 Å². The highest BCUT2D eigenvalue weighted by Gasteiger charge is 2.52. The second kappa shape index (κ2) is 13.1. The Morgan fingerprint density at radius 3 is 2.08 bits per heavy atom. The zero-order valence-electron chi connectivity index (χ0n) is 27.1. The van der Waals surface area contributed by atoms with Crippen molar-refractivity contribution in [2.45, 2.75) is 38.6 Å². The van der Waals surface area contributed by atoms with Gasteiger partial charge in [0.2, 0.25) is 0 Å². The molecule has 252 valence electrons. The first-order chi connectivity index (χ1) is 23.3. The van der Waals surface area contributed by atoms with Crippen LogP contribution in [0.25, 0.3) is 16.7 Å². The molecule has 0 radical (unpaired) electrons. The second-order valence-electron chi connectivity index (χ2n) is 12.4. The van der Waals surface area contributed by atoms with E-state index in [4.69, 9.17) is 13.9 Å². The molecule has 0 aliphatic carbocycles. The lowest BCUT2D eigenvalue weighted by molar-refractivity contribution is -0.138. The van der Waals surface area contributed by atoms with Crippen LogP contribution < -0.4 is 24.3 Å². The van der Waals surface area contributed by atoms with Gasteiger partial charge in [-0.15, -0.1) is 11.3 Å². The third-order valence-corrected chi connectivity index (χ3v) is 14.3. The van der Waals surface area contributed by atoms with Crippen LogP contribution in [0.5, 0.6) is 17.2 Å². The number of ether oxygens (including phenoxy) is 2. The number of carboxylic acids is 1. The minimum atomic E-state index is -4.60. The van der Waals surface area contributed by atoms with E-state index >= 15 is 0 Å². The van der Waals surface area contributed by atoms with E-state index in [-0.39, 0.29) is 21.2 Å². The highest BCUT2D eigenvalue weighted by atomic mass is 32.1. The van der Waals surface area contributed by atoms with Gasteiger partial charge in [-0.3, -0.25) is 4.57 Å². The summed E-state index contributed by atoms with van der Waals surface area (Å²) in [4.78, 5) is 16.7. The number of carboxylic acid groups (broad SMARTS) is 1. The fourth-order valence-corrected chi connectivity index (χ4v) is 11.4. The van der Waals surface area contributed by atoms with Crippen LogP contribution in [0, 0.1) is 0 Å².